The van der Waals surface area contributed by atoms with Crippen LogP contribution in [0.3, 0.4) is 0 Å². The van der Waals surface area contributed by atoms with Crippen molar-refractivity contribution in [3.63, 3.8) is 0 Å². The van der Waals surface area contributed by atoms with Crippen molar-refractivity contribution in [3.05, 3.63) is 95.3 Å². The summed E-state index contributed by atoms with van der Waals surface area (Å²) < 4.78 is 5.91. The minimum Gasteiger partial charge on any atom is -0.488 e. The van der Waals surface area contributed by atoms with Gasteiger partial charge in [0.1, 0.15) is 12.4 Å². The van der Waals surface area contributed by atoms with Gasteiger partial charge in [-0.15, -0.1) is 0 Å². The fourth-order valence-electron chi connectivity index (χ4n) is 2.85. The van der Waals surface area contributed by atoms with Gasteiger partial charge in [0, 0.05) is 25.2 Å². The Balaban J connectivity index is 1.82. The highest BCUT2D eigenvalue weighted by Gasteiger charge is 2.15. The van der Waals surface area contributed by atoms with Crippen LogP contribution in [0.25, 0.3) is 0 Å². The number of ketones is 1. The molecule has 0 atom stereocenters. The van der Waals surface area contributed by atoms with E-state index in [1.807, 2.05) is 42.5 Å². The summed E-state index contributed by atoms with van der Waals surface area (Å²) in [4.78, 5) is 27.8. The van der Waals surface area contributed by atoms with Crippen LogP contribution in [0, 0.1) is 0 Å². The highest BCUT2D eigenvalue weighted by molar-refractivity contribution is 6.00. The molecule has 0 spiro atoms. The molecule has 0 saturated carbocycles. The number of benzene rings is 2. The average Bonchev–Trinajstić information content (AvgIpc) is 2.72. The quantitative estimate of drug-likeness (QED) is 0.570. The third-order valence-corrected chi connectivity index (χ3v) is 4.30. The van der Waals surface area contributed by atoms with Crippen LogP contribution in [0.2, 0.25) is 0 Å². The first-order chi connectivity index (χ1) is 13.6. The van der Waals surface area contributed by atoms with Crippen LogP contribution in [0.5, 0.6) is 5.75 Å². The molecule has 28 heavy (non-hydrogen) atoms. The Kier molecular flexibility index (Phi) is 6.52. The minimum absolute atomic E-state index is 0.0143. The maximum Gasteiger partial charge on any atom is 0.303 e. The topological polar surface area (TPSA) is 76.5 Å². The number of nitrogens with zero attached hydrogens (tertiary/aromatic N) is 1. The van der Waals surface area contributed by atoms with E-state index in [4.69, 9.17) is 9.84 Å². The number of Topliss-reactive ketones (excluding diaryl/α,β-unsaturated/α-hetero) is 1. The van der Waals surface area contributed by atoms with Crippen molar-refractivity contribution in [1.82, 2.24) is 4.98 Å². The largest absolute Gasteiger partial charge is 0.488 e. The maximum atomic E-state index is 12.9. The van der Waals surface area contributed by atoms with Crippen LogP contribution in [0.1, 0.15) is 33.5 Å². The number of aryl methyl sites for hydroxylation is 1. The number of carboxylic acid groups (broad SMARTS) is 1. The number of ether oxygens (including phenoxy) is 1. The lowest BCUT2D eigenvalue weighted by Gasteiger charge is -2.13. The summed E-state index contributed by atoms with van der Waals surface area (Å²) in [6, 6.07) is 18.6. The molecule has 5 nitrogen and oxygen atoms in total. The molecule has 0 amide bonds. The summed E-state index contributed by atoms with van der Waals surface area (Å²) in [5.74, 6) is -0.460. The molecular weight excluding hydrogens is 354 g/mol. The number of aromatic nitrogens is 1. The van der Waals surface area contributed by atoms with E-state index >= 15 is 0 Å². The van der Waals surface area contributed by atoms with E-state index in [0.29, 0.717) is 24.3 Å². The van der Waals surface area contributed by atoms with E-state index in [-0.39, 0.29) is 18.6 Å². The summed E-state index contributed by atoms with van der Waals surface area (Å²) in [6.07, 6.45) is 3.91. The van der Waals surface area contributed by atoms with Crippen LogP contribution in [0.15, 0.2) is 73.1 Å². The molecule has 142 valence electrons. The SMILES string of the molecule is O=C(O)CCc1ccc(OCc2ccccc2)c(C(=O)Cc2cccnc2)c1. The van der Waals surface area contributed by atoms with Gasteiger partial charge in [0.05, 0.1) is 5.56 Å². The monoisotopic (exact) mass is 375 g/mol. The summed E-state index contributed by atoms with van der Waals surface area (Å²) in [5.41, 5.74) is 3.08. The van der Waals surface area contributed by atoms with Crippen LogP contribution >= 0.6 is 0 Å². The third kappa shape index (κ3) is 5.51. The molecule has 3 rings (SSSR count). The van der Waals surface area contributed by atoms with Gasteiger partial charge >= 0.3 is 5.97 Å². The Morgan fingerprint density at radius 2 is 1.71 bits per heavy atom. The van der Waals surface area contributed by atoms with Gasteiger partial charge < -0.3 is 9.84 Å². The van der Waals surface area contributed by atoms with Crippen LogP contribution in [-0.4, -0.2) is 21.8 Å². The first kappa shape index (κ1) is 19.3. The molecular formula is C23H21NO4. The van der Waals surface area contributed by atoms with Gasteiger partial charge in [0.15, 0.2) is 5.78 Å². The molecule has 0 aliphatic rings. The van der Waals surface area contributed by atoms with Crippen molar-refractivity contribution >= 4 is 11.8 Å². The van der Waals surface area contributed by atoms with Crippen molar-refractivity contribution in [3.8, 4) is 5.75 Å². The van der Waals surface area contributed by atoms with E-state index < -0.39 is 5.97 Å². The van der Waals surface area contributed by atoms with Crippen molar-refractivity contribution < 1.29 is 19.4 Å². The number of rotatable bonds is 9. The summed E-state index contributed by atoms with van der Waals surface area (Å²) in [5, 5.41) is 8.91. The Morgan fingerprint density at radius 3 is 2.43 bits per heavy atom. The van der Waals surface area contributed by atoms with Crippen LogP contribution in [0.4, 0.5) is 0 Å². The number of carboxylic acids is 1. The highest BCUT2D eigenvalue weighted by atomic mass is 16.5. The second-order valence-corrected chi connectivity index (χ2v) is 6.46. The molecule has 2 aromatic carbocycles. The van der Waals surface area contributed by atoms with Gasteiger partial charge in [0.25, 0.3) is 0 Å². The van der Waals surface area contributed by atoms with E-state index in [1.165, 1.54) is 0 Å². The predicted molar refractivity (Wildman–Crippen MR) is 105 cm³/mol. The molecule has 0 radical (unpaired) electrons. The van der Waals surface area contributed by atoms with Gasteiger partial charge in [-0.2, -0.15) is 0 Å². The maximum absolute atomic E-state index is 12.9. The van der Waals surface area contributed by atoms with E-state index in [2.05, 4.69) is 4.98 Å². The number of hydrogen-bond donors (Lipinski definition) is 1. The lowest BCUT2D eigenvalue weighted by molar-refractivity contribution is -0.136. The molecule has 0 bridgehead atoms. The lowest BCUT2D eigenvalue weighted by Crippen LogP contribution is -2.09. The third-order valence-electron chi connectivity index (χ3n) is 4.30. The zero-order valence-corrected chi connectivity index (χ0v) is 15.4. The molecule has 0 aliphatic carbocycles. The standard InChI is InChI=1S/C23H21NO4/c25-21(14-19-7-4-12-24-15-19)20-13-17(9-11-23(26)27)8-10-22(20)28-16-18-5-2-1-3-6-18/h1-8,10,12-13,15H,9,11,14,16H2,(H,26,27). The first-order valence-corrected chi connectivity index (χ1v) is 9.05. The molecule has 3 aromatic rings. The fourth-order valence-corrected chi connectivity index (χ4v) is 2.85. The Hall–Kier alpha value is -3.47. The number of pyridine rings is 1. The van der Waals surface area contributed by atoms with Crippen LogP contribution < -0.4 is 4.74 Å². The molecule has 1 aromatic heterocycles. The van der Waals surface area contributed by atoms with Gasteiger partial charge in [-0.1, -0.05) is 42.5 Å². The predicted octanol–water partition coefficient (Wildman–Crippen LogP) is 4.10. The molecule has 1 heterocycles. The van der Waals surface area contributed by atoms with Crippen molar-refractivity contribution in [2.24, 2.45) is 0 Å². The fraction of sp³-hybridized carbons (Fsp3) is 0.174. The zero-order valence-electron chi connectivity index (χ0n) is 15.4. The van der Waals surface area contributed by atoms with Crippen molar-refractivity contribution in [2.45, 2.75) is 25.9 Å². The van der Waals surface area contributed by atoms with Crippen molar-refractivity contribution in [2.75, 3.05) is 0 Å². The van der Waals surface area contributed by atoms with E-state index in [9.17, 15) is 9.59 Å². The minimum atomic E-state index is -0.868. The summed E-state index contributed by atoms with van der Waals surface area (Å²) in [6.45, 7) is 0.350. The summed E-state index contributed by atoms with van der Waals surface area (Å²) in [7, 11) is 0. The Labute approximate surface area is 163 Å². The number of aliphatic carboxylic acids is 1. The second kappa shape index (κ2) is 9.46. The lowest BCUT2D eigenvalue weighted by atomic mass is 9.99. The van der Waals surface area contributed by atoms with Crippen LogP contribution in [-0.2, 0) is 24.2 Å². The molecule has 5 heteroatoms. The zero-order chi connectivity index (χ0) is 19.8. The molecule has 0 aliphatic heterocycles. The first-order valence-electron chi connectivity index (χ1n) is 9.05. The van der Waals surface area contributed by atoms with Gasteiger partial charge in [0.2, 0.25) is 0 Å². The summed E-state index contributed by atoms with van der Waals surface area (Å²) >= 11 is 0. The Bertz CT molecular complexity index is 939. The van der Waals surface area contributed by atoms with Gasteiger partial charge in [-0.3, -0.25) is 14.6 Å². The van der Waals surface area contributed by atoms with Crippen molar-refractivity contribution in [1.29, 1.82) is 0 Å². The average molecular weight is 375 g/mol. The molecule has 0 fully saturated rings. The molecule has 1 N–H and O–H groups in total. The number of carbonyl (C=O) groups is 2. The molecule has 0 unspecified atom stereocenters. The highest BCUT2D eigenvalue weighted by Crippen LogP contribution is 2.24. The number of carbonyl (C=O) groups excluding carboxylic acids is 1. The Morgan fingerprint density at radius 1 is 0.929 bits per heavy atom. The smallest absolute Gasteiger partial charge is 0.303 e. The van der Waals surface area contributed by atoms with E-state index in [1.54, 1.807) is 30.6 Å². The normalized spacial score (nSPS) is 10.4. The van der Waals surface area contributed by atoms with Gasteiger partial charge in [-0.25, -0.2) is 0 Å². The van der Waals surface area contributed by atoms with Gasteiger partial charge in [-0.05, 0) is 41.3 Å². The second-order valence-electron chi connectivity index (χ2n) is 6.46. The number of hydrogen-bond acceptors (Lipinski definition) is 4. The van der Waals surface area contributed by atoms with E-state index in [0.717, 1.165) is 16.7 Å². The molecule has 0 saturated heterocycles.